The zero-order valence-corrected chi connectivity index (χ0v) is 10.0. The number of hydrogen-bond acceptors (Lipinski definition) is 2. The maximum atomic E-state index is 12.2. The highest BCUT2D eigenvalue weighted by molar-refractivity contribution is 7.60. The van der Waals surface area contributed by atoms with Crippen LogP contribution in [0.15, 0.2) is 30.3 Å². The van der Waals surface area contributed by atoms with Gasteiger partial charge in [0, 0.05) is 11.8 Å². The molecule has 0 saturated carbocycles. The van der Waals surface area contributed by atoms with Crippen LogP contribution in [-0.4, -0.2) is 11.8 Å². The summed E-state index contributed by atoms with van der Waals surface area (Å²) in [7, 11) is -2.60. The molecule has 0 radical (unpaired) electrons. The standard InChI is InChI=1S/C11H17O2P/c1-11(2,3)14(4,12)13-10-8-6-5-7-9-10/h5-9H,1-4H3. The molecule has 1 aromatic rings. The molecule has 1 atom stereocenters. The van der Waals surface area contributed by atoms with Crippen molar-refractivity contribution in [1.82, 2.24) is 0 Å². The molecule has 0 fully saturated rings. The minimum atomic E-state index is -2.60. The molecule has 1 rings (SSSR count). The maximum absolute atomic E-state index is 12.2. The van der Waals surface area contributed by atoms with Gasteiger partial charge in [0.15, 0.2) is 0 Å². The quantitative estimate of drug-likeness (QED) is 0.697. The molecule has 0 aliphatic heterocycles. The highest BCUT2D eigenvalue weighted by atomic mass is 31.2. The Morgan fingerprint density at radius 1 is 1.14 bits per heavy atom. The van der Waals surface area contributed by atoms with Crippen molar-refractivity contribution in [2.24, 2.45) is 0 Å². The molecule has 0 spiro atoms. The van der Waals surface area contributed by atoms with E-state index in [0.717, 1.165) is 0 Å². The van der Waals surface area contributed by atoms with E-state index in [1.165, 1.54) is 0 Å². The van der Waals surface area contributed by atoms with Crippen molar-refractivity contribution >= 4 is 7.37 Å². The van der Waals surface area contributed by atoms with Crippen molar-refractivity contribution in [1.29, 1.82) is 0 Å². The smallest absolute Gasteiger partial charge is 0.250 e. The Morgan fingerprint density at radius 2 is 1.64 bits per heavy atom. The fourth-order valence-electron chi connectivity index (χ4n) is 0.819. The van der Waals surface area contributed by atoms with Crippen molar-refractivity contribution in [2.45, 2.75) is 25.9 Å². The van der Waals surface area contributed by atoms with Gasteiger partial charge in [0.2, 0.25) is 7.37 Å². The Kier molecular flexibility index (Phi) is 3.06. The number of para-hydroxylation sites is 1. The van der Waals surface area contributed by atoms with Gasteiger partial charge in [-0.25, -0.2) is 0 Å². The second-order valence-corrected chi connectivity index (χ2v) is 7.64. The van der Waals surface area contributed by atoms with Crippen molar-refractivity contribution in [2.75, 3.05) is 6.66 Å². The molecule has 0 amide bonds. The van der Waals surface area contributed by atoms with E-state index in [1.54, 1.807) is 6.66 Å². The average molecular weight is 212 g/mol. The van der Waals surface area contributed by atoms with Crippen LogP contribution < -0.4 is 4.52 Å². The summed E-state index contributed by atoms with van der Waals surface area (Å²) in [5.41, 5.74) is 0. The van der Waals surface area contributed by atoms with Gasteiger partial charge in [0.25, 0.3) is 0 Å². The monoisotopic (exact) mass is 212 g/mol. The third kappa shape index (κ3) is 2.62. The summed E-state index contributed by atoms with van der Waals surface area (Å²) < 4.78 is 17.7. The van der Waals surface area contributed by atoms with E-state index in [9.17, 15) is 4.57 Å². The normalized spacial score (nSPS) is 16.0. The van der Waals surface area contributed by atoms with E-state index in [2.05, 4.69) is 0 Å². The van der Waals surface area contributed by atoms with Gasteiger partial charge in [0.1, 0.15) is 5.75 Å². The summed E-state index contributed by atoms with van der Waals surface area (Å²) in [6.07, 6.45) is 0. The van der Waals surface area contributed by atoms with Crippen LogP contribution in [0, 0.1) is 0 Å². The minimum absolute atomic E-state index is 0.317. The molecular formula is C11H17O2P. The summed E-state index contributed by atoms with van der Waals surface area (Å²) in [4.78, 5) is 0. The van der Waals surface area contributed by atoms with Crippen LogP contribution in [0.25, 0.3) is 0 Å². The molecular weight excluding hydrogens is 195 g/mol. The van der Waals surface area contributed by atoms with Gasteiger partial charge in [-0.05, 0) is 12.1 Å². The second-order valence-electron chi connectivity index (χ2n) is 4.42. The first-order valence-corrected chi connectivity index (χ1v) is 6.72. The summed E-state index contributed by atoms with van der Waals surface area (Å²) in [6.45, 7) is 7.46. The first-order chi connectivity index (χ1) is 6.33. The van der Waals surface area contributed by atoms with Crippen molar-refractivity contribution in [3.05, 3.63) is 30.3 Å². The number of rotatable bonds is 2. The summed E-state index contributed by atoms with van der Waals surface area (Å²) in [6, 6.07) is 9.30. The lowest BCUT2D eigenvalue weighted by Crippen LogP contribution is -2.17. The second kappa shape index (κ2) is 3.78. The number of hydrogen-bond donors (Lipinski definition) is 0. The highest BCUT2D eigenvalue weighted by Gasteiger charge is 2.33. The van der Waals surface area contributed by atoms with E-state index in [4.69, 9.17) is 4.52 Å². The Balaban J connectivity index is 2.85. The fourth-order valence-corrected chi connectivity index (χ4v) is 1.62. The van der Waals surface area contributed by atoms with E-state index in [1.807, 2.05) is 51.1 Å². The molecule has 0 aliphatic rings. The molecule has 0 aliphatic carbocycles. The van der Waals surface area contributed by atoms with Crippen molar-refractivity contribution < 1.29 is 9.09 Å². The number of benzene rings is 1. The maximum Gasteiger partial charge on any atom is 0.250 e. The average Bonchev–Trinajstić information content (AvgIpc) is 2.03. The Morgan fingerprint density at radius 3 is 2.07 bits per heavy atom. The lowest BCUT2D eigenvalue weighted by atomic mass is 10.3. The Labute approximate surface area is 85.7 Å². The SMILES string of the molecule is CC(C)(C)P(C)(=O)Oc1ccccc1. The third-order valence-corrected chi connectivity index (χ3v) is 5.24. The lowest BCUT2D eigenvalue weighted by Gasteiger charge is -2.27. The van der Waals surface area contributed by atoms with Crippen molar-refractivity contribution in [3.8, 4) is 5.75 Å². The topological polar surface area (TPSA) is 26.3 Å². The van der Waals surface area contributed by atoms with E-state index >= 15 is 0 Å². The highest BCUT2D eigenvalue weighted by Crippen LogP contribution is 2.54. The van der Waals surface area contributed by atoms with Gasteiger partial charge >= 0.3 is 0 Å². The predicted octanol–water partition coefficient (Wildman–Crippen LogP) is 3.77. The van der Waals surface area contributed by atoms with Crippen LogP contribution in [0.4, 0.5) is 0 Å². The van der Waals surface area contributed by atoms with Gasteiger partial charge in [-0.15, -0.1) is 0 Å². The summed E-state index contributed by atoms with van der Waals surface area (Å²) in [5, 5.41) is -0.317. The molecule has 3 heteroatoms. The molecule has 14 heavy (non-hydrogen) atoms. The molecule has 0 heterocycles. The third-order valence-electron chi connectivity index (χ3n) is 2.24. The van der Waals surface area contributed by atoms with Gasteiger partial charge in [0.05, 0.1) is 0 Å². The van der Waals surface area contributed by atoms with Gasteiger partial charge in [-0.1, -0.05) is 39.0 Å². The Bertz CT molecular complexity index is 338. The zero-order chi connectivity index (χ0) is 10.8. The lowest BCUT2D eigenvalue weighted by molar-refractivity contribution is 0.457. The Hall–Kier alpha value is -0.750. The van der Waals surface area contributed by atoms with Crippen LogP contribution in [0.1, 0.15) is 20.8 Å². The molecule has 0 saturated heterocycles. The largest absolute Gasteiger partial charge is 0.443 e. The van der Waals surface area contributed by atoms with Crippen LogP contribution in [0.2, 0.25) is 0 Å². The van der Waals surface area contributed by atoms with Crippen LogP contribution in [-0.2, 0) is 4.57 Å². The molecule has 0 bridgehead atoms. The van der Waals surface area contributed by atoms with Crippen LogP contribution in [0.3, 0.4) is 0 Å². The first kappa shape index (κ1) is 11.3. The molecule has 2 nitrogen and oxygen atoms in total. The summed E-state index contributed by atoms with van der Waals surface area (Å²) >= 11 is 0. The van der Waals surface area contributed by atoms with E-state index < -0.39 is 7.37 Å². The molecule has 0 aromatic heterocycles. The van der Waals surface area contributed by atoms with Gasteiger partial charge < -0.3 is 4.52 Å². The van der Waals surface area contributed by atoms with Gasteiger partial charge in [-0.2, -0.15) is 0 Å². The summed E-state index contributed by atoms with van der Waals surface area (Å²) in [5.74, 6) is 0.674. The molecule has 0 N–H and O–H groups in total. The van der Waals surface area contributed by atoms with Crippen LogP contribution >= 0.6 is 7.37 Å². The predicted molar refractivity (Wildman–Crippen MR) is 60.4 cm³/mol. The van der Waals surface area contributed by atoms with E-state index in [-0.39, 0.29) is 5.16 Å². The van der Waals surface area contributed by atoms with Gasteiger partial charge in [-0.3, -0.25) is 4.57 Å². The van der Waals surface area contributed by atoms with E-state index in [0.29, 0.717) is 5.75 Å². The van der Waals surface area contributed by atoms with Crippen LogP contribution in [0.5, 0.6) is 5.75 Å². The molecule has 1 aromatic carbocycles. The molecule has 1 unspecified atom stereocenters. The fraction of sp³-hybridized carbons (Fsp3) is 0.455. The first-order valence-electron chi connectivity index (χ1n) is 4.65. The van der Waals surface area contributed by atoms with Crippen molar-refractivity contribution in [3.63, 3.8) is 0 Å². The minimum Gasteiger partial charge on any atom is -0.443 e. The zero-order valence-electron chi connectivity index (χ0n) is 9.15. The molecule has 78 valence electrons.